The minimum atomic E-state index is 0.0706. The van der Waals surface area contributed by atoms with Gasteiger partial charge in [-0.2, -0.15) is 0 Å². The van der Waals surface area contributed by atoms with Crippen molar-refractivity contribution in [1.29, 1.82) is 0 Å². The van der Waals surface area contributed by atoms with Gasteiger partial charge in [0.25, 0.3) is 0 Å². The molecule has 1 aromatic heterocycles. The number of carbonyl (C=O) groups excluding carboxylic acids is 1. The Morgan fingerprint density at radius 1 is 1.11 bits per heavy atom. The van der Waals surface area contributed by atoms with E-state index in [0.717, 1.165) is 44.7 Å². The van der Waals surface area contributed by atoms with Crippen molar-refractivity contribution in [3.8, 4) is 5.75 Å². The minimum absolute atomic E-state index is 0.0706. The first-order chi connectivity index (χ1) is 13.2. The average Bonchev–Trinajstić information content (AvgIpc) is 3.37. The topological polar surface area (TPSA) is 76.6 Å². The van der Waals surface area contributed by atoms with Crippen molar-refractivity contribution in [3.05, 3.63) is 24.5 Å². The molecule has 0 bridgehead atoms. The zero-order chi connectivity index (χ0) is 18.8. The van der Waals surface area contributed by atoms with Crippen molar-refractivity contribution in [2.45, 2.75) is 37.8 Å². The van der Waals surface area contributed by atoms with Gasteiger partial charge in [-0.1, -0.05) is 12.2 Å². The average molecular weight is 372 g/mol. The number of methoxy groups -OCH3 is 2. The van der Waals surface area contributed by atoms with Crippen molar-refractivity contribution in [2.24, 2.45) is 17.8 Å². The first-order valence-electron chi connectivity index (χ1n) is 9.77. The van der Waals surface area contributed by atoms with Gasteiger partial charge in [-0.05, 0) is 37.5 Å². The number of hydrogen-bond acceptors (Lipinski definition) is 6. The van der Waals surface area contributed by atoms with E-state index >= 15 is 0 Å². The minimum Gasteiger partial charge on any atom is -0.494 e. The summed E-state index contributed by atoms with van der Waals surface area (Å²) < 4.78 is 10.9. The number of nitrogens with one attached hydrogen (secondary N) is 1. The smallest absolute Gasteiger partial charge is 0.225 e. The molecule has 27 heavy (non-hydrogen) atoms. The van der Waals surface area contributed by atoms with Crippen molar-refractivity contribution in [1.82, 2.24) is 15.3 Å². The van der Waals surface area contributed by atoms with Crippen LogP contribution in [0.2, 0.25) is 0 Å². The highest BCUT2D eigenvalue weighted by Crippen LogP contribution is 2.38. The number of fused-ring (bicyclic) bond motifs is 1. The van der Waals surface area contributed by atoms with Crippen LogP contribution >= 0.6 is 0 Å². The third kappa shape index (κ3) is 3.78. The summed E-state index contributed by atoms with van der Waals surface area (Å²) in [5.74, 6) is 2.73. The van der Waals surface area contributed by atoms with Gasteiger partial charge in [0, 0.05) is 26.1 Å². The fourth-order valence-electron chi connectivity index (χ4n) is 4.70. The van der Waals surface area contributed by atoms with Crippen LogP contribution in [0.25, 0.3) is 0 Å². The van der Waals surface area contributed by atoms with E-state index in [1.807, 2.05) is 0 Å². The van der Waals surface area contributed by atoms with Crippen LogP contribution < -0.4 is 15.0 Å². The molecule has 146 valence electrons. The molecule has 2 heterocycles. The summed E-state index contributed by atoms with van der Waals surface area (Å²) in [6, 6.07) is 0.0843. The van der Waals surface area contributed by atoms with Crippen LogP contribution in [-0.2, 0) is 9.53 Å². The predicted octanol–water partition coefficient (Wildman–Crippen LogP) is 1.80. The summed E-state index contributed by atoms with van der Waals surface area (Å²) in [5.41, 5.74) is 0. The fourth-order valence-corrected chi connectivity index (χ4v) is 4.70. The summed E-state index contributed by atoms with van der Waals surface area (Å²) in [6.45, 7) is 1.86. The first-order valence-corrected chi connectivity index (χ1v) is 9.77. The molecule has 1 saturated carbocycles. The maximum atomic E-state index is 12.6. The Balaban J connectivity index is 1.40. The molecule has 2 aliphatic carbocycles. The van der Waals surface area contributed by atoms with E-state index < -0.39 is 0 Å². The number of allylic oxidation sites excluding steroid dienone is 2. The molecule has 1 aromatic rings. The molecule has 7 heteroatoms. The Bertz CT molecular complexity index is 685. The number of amides is 1. The predicted molar refractivity (Wildman–Crippen MR) is 102 cm³/mol. The third-order valence-corrected chi connectivity index (χ3v) is 6.26. The number of rotatable bonds is 5. The first kappa shape index (κ1) is 18.2. The Morgan fingerprint density at radius 2 is 1.78 bits per heavy atom. The third-order valence-electron chi connectivity index (χ3n) is 6.26. The lowest BCUT2D eigenvalue weighted by atomic mass is 9.77. The van der Waals surface area contributed by atoms with Crippen LogP contribution in [0.15, 0.2) is 24.5 Å². The highest BCUT2D eigenvalue weighted by molar-refractivity contribution is 5.79. The summed E-state index contributed by atoms with van der Waals surface area (Å²) in [7, 11) is 3.37. The van der Waals surface area contributed by atoms with Gasteiger partial charge in [-0.25, -0.2) is 9.97 Å². The van der Waals surface area contributed by atoms with Gasteiger partial charge in [-0.15, -0.1) is 0 Å². The van der Waals surface area contributed by atoms with E-state index in [1.165, 1.54) is 0 Å². The monoisotopic (exact) mass is 372 g/mol. The molecule has 0 unspecified atom stereocenters. The molecular weight excluding hydrogens is 344 g/mol. The standard InChI is InChI=1S/C20H28N4O3/c1-26-16-9-21-20(22-10-16)24-11-14-7-17(18(27-2)8-15(14)12-24)23-19(25)13-5-3-4-6-13/h3-4,9-10,13-15,17-18H,5-8,11-12H2,1-2H3,(H,23,25)/t14-,15+,17-,18-/m0/s1. The number of anilines is 1. The second-order valence-corrected chi connectivity index (χ2v) is 7.85. The molecule has 1 N–H and O–H groups in total. The van der Waals surface area contributed by atoms with Crippen LogP contribution in [0.3, 0.4) is 0 Å². The molecule has 4 atom stereocenters. The largest absolute Gasteiger partial charge is 0.494 e. The van der Waals surface area contributed by atoms with Crippen LogP contribution in [0.1, 0.15) is 25.7 Å². The molecule has 1 saturated heterocycles. The lowest BCUT2D eigenvalue weighted by molar-refractivity contribution is -0.127. The number of aromatic nitrogens is 2. The normalized spacial score (nSPS) is 30.4. The molecule has 3 aliphatic rings. The second-order valence-electron chi connectivity index (χ2n) is 7.85. The molecule has 0 aromatic carbocycles. The SMILES string of the molecule is COc1cnc(N2C[C@H]3C[C@H](OC)[C@@H](NC(=O)C4CC=CC4)C[C@H]3C2)nc1. The molecule has 2 fully saturated rings. The summed E-state index contributed by atoms with van der Waals surface area (Å²) >= 11 is 0. The zero-order valence-electron chi connectivity index (χ0n) is 16.0. The maximum Gasteiger partial charge on any atom is 0.225 e. The Kier molecular flexibility index (Phi) is 5.29. The van der Waals surface area contributed by atoms with Gasteiger partial charge < -0.3 is 19.7 Å². The van der Waals surface area contributed by atoms with Crippen LogP contribution in [-0.4, -0.2) is 55.3 Å². The van der Waals surface area contributed by atoms with Crippen molar-refractivity contribution in [3.63, 3.8) is 0 Å². The summed E-state index contributed by atoms with van der Waals surface area (Å²) in [4.78, 5) is 23.7. The van der Waals surface area contributed by atoms with Crippen LogP contribution in [0.4, 0.5) is 5.95 Å². The van der Waals surface area contributed by atoms with Gasteiger partial charge in [0.2, 0.25) is 11.9 Å². The van der Waals surface area contributed by atoms with Crippen LogP contribution in [0, 0.1) is 17.8 Å². The van der Waals surface area contributed by atoms with Gasteiger partial charge in [0.15, 0.2) is 5.75 Å². The molecule has 1 amide bonds. The van der Waals surface area contributed by atoms with E-state index in [4.69, 9.17) is 9.47 Å². The van der Waals surface area contributed by atoms with Gasteiger partial charge in [0.1, 0.15) is 0 Å². The highest BCUT2D eigenvalue weighted by atomic mass is 16.5. The second kappa shape index (κ2) is 7.84. The molecule has 7 nitrogen and oxygen atoms in total. The van der Waals surface area contributed by atoms with E-state index in [9.17, 15) is 4.79 Å². The number of hydrogen-bond donors (Lipinski definition) is 1. The molecule has 0 spiro atoms. The van der Waals surface area contributed by atoms with E-state index in [2.05, 4.69) is 32.3 Å². The maximum absolute atomic E-state index is 12.6. The Labute approximate surface area is 160 Å². The number of nitrogens with zero attached hydrogens (tertiary/aromatic N) is 3. The van der Waals surface area contributed by atoms with Gasteiger partial charge in [-0.3, -0.25) is 4.79 Å². The Morgan fingerprint density at radius 3 is 2.41 bits per heavy atom. The lowest BCUT2D eigenvalue weighted by Crippen LogP contribution is -2.51. The lowest BCUT2D eigenvalue weighted by Gasteiger charge is -2.37. The van der Waals surface area contributed by atoms with Crippen LogP contribution in [0.5, 0.6) is 5.75 Å². The molecule has 1 aliphatic heterocycles. The van der Waals surface area contributed by atoms with Gasteiger partial charge >= 0.3 is 0 Å². The molecular formula is C20H28N4O3. The number of ether oxygens (including phenoxy) is 2. The van der Waals surface area contributed by atoms with Crippen molar-refractivity contribution < 1.29 is 14.3 Å². The summed E-state index contributed by atoms with van der Waals surface area (Å²) in [6.07, 6.45) is 11.3. The fraction of sp³-hybridized carbons (Fsp3) is 0.650. The molecule has 4 rings (SSSR count). The van der Waals surface area contributed by atoms with E-state index in [1.54, 1.807) is 26.6 Å². The molecule has 0 radical (unpaired) electrons. The Hall–Kier alpha value is -2.15. The van der Waals surface area contributed by atoms with Crippen molar-refractivity contribution >= 4 is 11.9 Å². The van der Waals surface area contributed by atoms with Crippen molar-refractivity contribution in [2.75, 3.05) is 32.2 Å². The van der Waals surface area contributed by atoms with E-state index in [0.29, 0.717) is 17.6 Å². The summed E-state index contributed by atoms with van der Waals surface area (Å²) in [5, 5.41) is 3.27. The quantitative estimate of drug-likeness (QED) is 0.795. The van der Waals surface area contributed by atoms with E-state index in [-0.39, 0.29) is 24.0 Å². The van der Waals surface area contributed by atoms with Gasteiger partial charge in [0.05, 0.1) is 31.6 Å². The number of carbonyl (C=O) groups is 1. The highest BCUT2D eigenvalue weighted by Gasteiger charge is 2.43. The zero-order valence-corrected chi connectivity index (χ0v) is 16.0.